The Bertz CT molecular complexity index is 528. The summed E-state index contributed by atoms with van der Waals surface area (Å²) in [5.74, 6) is -0.668. The second-order valence-electron chi connectivity index (χ2n) is 4.12. The molecule has 1 aliphatic heterocycles. The zero-order chi connectivity index (χ0) is 14.5. The molecular formula is C13H14BrNO4S. The van der Waals surface area contributed by atoms with Gasteiger partial charge in [-0.2, -0.15) is 0 Å². The first-order valence-electron chi connectivity index (χ1n) is 6.01. The van der Waals surface area contributed by atoms with Crippen LogP contribution in [0.15, 0.2) is 22.0 Å². The molecule has 0 aliphatic carbocycles. The van der Waals surface area contributed by atoms with Gasteiger partial charge in [-0.05, 0) is 34.1 Å². The van der Waals surface area contributed by atoms with Crippen LogP contribution in [-0.2, 0) is 19.1 Å². The third-order valence-electron chi connectivity index (χ3n) is 2.87. The normalized spacial score (nSPS) is 19.3. The Kier molecular flexibility index (Phi) is 5.33. The van der Waals surface area contributed by atoms with Crippen molar-refractivity contribution >= 4 is 45.2 Å². The highest BCUT2D eigenvalue weighted by Crippen LogP contribution is 2.23. The van der Waals surface area contributed by atoms with Gasteiger partial charge in [-0.25, -0.2) is 4.79 Å². The predicted octanol–water partition coefficient (Wildman–Crippen LogP) is 1.92. The molecule has 0 radical (unpaired) electrons. The van der Waals surface area contributed by atoms with E-state index in [-0.39, 0.29) is 12.5 Å². The Morgan fingerprint density at radius 1 is 1.55 bits per heavy atom. The van der Waals surface area contributed by atoms with Crippen LogP contribution in [0.1, 0.15) is 4.88 Å². The molecule has 2 heterocycles. The van der Waals surface area contributed by atoms with E-state index in [4.69, 9.17) is 9.47 Å². The second kappa shape index (κ2) is 7.01. The first-order chi connectivity index (χ1) is 9.61. The van der Waals surface area contributed by atoms with Crippen molar-refractivity contribution in [1.82, 2.24) is 4.90 Å². The summed E-state index contributed by atoms with van der Waals surface area (Å²) in [6.45, 7) is 0.992. The fourth-order valence-electron chi connectivity index (χ4n) is 1.87. The lowest BCUT2D eigenvalue weighted by molar-refractivity contribution is -0.158. The van der Waals surface area contributed by atoms with Crippen molar-refractivity contribution in [3.63, 3.8) is 0 Å². The molecule has 20 heavy (non-hydrogen) atoms. The SMILES string of the molecule is COC(=O)C1COCCN1C(=O)/C=C/c1ccc(Br)s1. The van der Waals surface area contributed by atoms with Crippen molar-refractivity contribution in [2.24, 2.45) is 0 Å². The Balaban J connectivity index is 2.06. The van der Waals surface area contributed by atoms with Gasteiger partial charge in [0.1, 0.15) is 0 Å². The number of hydrogen-bond donors (Lipinski definition) is 0. The first-order valence-corrected chi connectivity index (χ1v) is 7.62. The van der Waals surface area contributed by atoms with E-state index in [1.807, 2.05) is 12.1 Å². The molecule has 7 heteroatoms. The topological polar surface area (TPSA) is 55.8 Å². The molecule has 0 saturated carbocycles. The minimum absolute atomic E-state index is 0.177. The molecule has 1 unspecified atom stereocenters. The third kappa shape index (κ3) is 3.68. The van der Waals surface area contributed by atoms with Crippen LogP contribution in [0, 0.1) is 0 Å². The molecule has 0 N–H and O–H groups in total. The number of halogens is 1. The van der Waals surface area contributed by atoms with E-state index in [0.29, 0.717) is 13.2 Å². The number of hydrogen-bond acceptors (Lipinski definition) is 5. The molecule has 1 amide bonds. The number of nitrogens with zero attached hydrogens (tertiary/aromatic N) is 1. The summed E-state index contributed by atoms with van der Waals surface area (Å²) < 4.78 is 10.9. The van der Waals surface area contributed by atoms with Crippen LogP contribution in [0.3, 0.4) is 0 Å². The number of rotatable bonds is 3. The Morgan fingerprint density at radius 2 is 2.35 bits per heavy atom. The molecule has 0 aromatic carbocycles. The number of morpholine rings is 1. The summed E-state index contributed by atoms with van der Waals surface area (Å²) in [4.78, 5) is 26.3. The van der Waals surface area contributed by atoms with Gasteiger partial charge in [-0.1, -0.05) is 0 Å². The minimum atomic E-state index is -0.666. The fourth-order valence-corrected chi connectivity index (χ4v) is 3.19. The molecule has 108 valence electrons. The predicted molar refractivity (Wildman–Crippen MR) is 79.4 cm³/mol. The third-order valence-corrected chi connectivity index (χ3v) is 4.46. The first kappa shape index (κ1) is 15.2. The van der Waals surface area contributed by atoms with E-state index in [1.165, 1.54) is 29.4 Å². The molecule has 1 aromatic heterocycles. The van der Waals surface area contributed by atoms with E-state index in [2.05, 4.69) is 15.9 Å². The maximum absolute atomic E-state index is 12.2. The highest BCUT2D eigenvalue weighted by Gasteiger charge is 2.32. The number of methoxy groups -OCH3 is 1. The Hall–Kier alpha value is -1.18. The van der Waals surface area contributed by atoms with Crippen LogP contribution in [0.2, 0.25) is 0 Å². The van der Waals surface area contributed by atoms with Gasteiger partial charge in [0, 0.05) is 17.5 Å². The van der Waals surface area contributed by atoms with Crippen LogP contribution < -0.4 is 0 Å². The summed E-state index contributed by atoms with van der Waals surface area (Å²) in [6, 6.07) is 3.16. The van der Waals surface area contributed by atoms with E-state index in [9.17, 15) is 9.59 Å². The minimum Gasteiger partial charge on any atom is -0.467 e. The smallest absolute Gasteiger partial charge is 0.331 e. The van der Waals surface area contributed by atoms with E-state index in [1.54, 1.807) is 6.08 Å². The summed E-state index contributed by atoms with van der Waals surface area (Å²) in [5.41, 5.74) is 0. The van der Waals surface area contributed by atoms with Crippen LogP contribution in [0.5, 0.6) is 0 Å². The van der Waals surface area contributed by atoms with Gasteiger partial charge in [0.25, 0.3) is 0 Å². The average molecular weight is 360 g/mol. The zero-order valence-corrected chi connectivity index (χ0v) is 13.3. The number of carbonyl (C=O) groups excluding carboxylic acids is 2. The number of thiophene rings is 1. The van der Waals surface area contributed by atoms with E-state index >= 15 is 0 Å². The van der Waals surface area contributed by atoms with E-state index < -0.39 is 12.0 Å². The van der Waals surface area contributed by atoms with Gasteiger partial charge in [0.2, 0.25) is 5.91 Å². The molecule has 1 aromatic rings. The monoisotopic (exact) mass is 359 g/mol. The van der Waals surface area contributed by atoms with Crippen LogP contribution in [-0.4, -0.2) is 49.7 Å². The molecule has 1 saturated heterocycles. The van der Waals surface area contributed by atoms with E-state index in [0.717, 1.165) is 8.66 Å². The molecular weight excluding hydrogens is 346 g/mol. The van der Waals surface area contributed by atoms with Crippen molar-refractivity contribution in [2.75, 3.05) is 26.9 Å². The number of carbonyl (C=O) groups is 2. The summed E-state index contributed by atoms with van der Waals surface area (Å²) in [7, 11) is 1.30. The lowest BCUT2D eigenvalue weighted by Gasteiger charge is -2.32. The number of amides is 1. The van der Waals surface area contributed by atoms with Crippen molar-refractivity contribution in [3.05, 3.63) is 26.9 Å². The molecule has 5 nitrogen and oxygen atoms in total. The highest BCUT2D eigenvalue weighted by molar-refractivity contribution is 9.11. The largest absolute Gasteiger partial charge is 0.467 e. The quantitative estimate of drug-likeness (QED) is 0.611. The van der Waals surface area contributed by atoms with Gasteiger partial charge >= 0.3 is 5.97 Å². The summed E-state index contributed by atoms with van der Waals surface area (Å²) in [6.07, 6.45) is 3.21. The number of esters is 1. The van der Waals surface area contributed by atoms with Gasteiger partial charge < -0.3 is 14.4 Å². The lowest BCUT2D eigenvalue weighted by atomic mass is 10.2. The maximum Gasteiger partial charge on any atom is 0.331 e. The zero-order valence-electron chi connectivity index (χ0n) is 10.9. The molecule has 0 bridgehead atoms. The Labute approximate surface area is 129 Å². The average Bonchev–Trinajstić information content (AvgIpc) is 2.89. The van der Waals surface area contributed by atoms with Crippen molar-refractivity contribution in [3.8, 4) is 0 Å². The lowest BCUT2D eigenvalue weighted by Crippen LogP contribution is -2.52. The van der Waals surface area contributed by atoms with Gasteiger partial charge in [-0.15, -0.1) is 11.3 Å². The Morgan fingerprint density at radius 3 is 3.00 bits per heavy atom. The van der Waals surface area contributed by atoms with Gasteiger partial charge in [0.15, 0.2) is 6.04 Å². The maximum atomic E-state index is 12.2. The standard InChI is InChI=1S/C13H14BrNO4S/c1-18-13(17)10-8-19-7-6-15(10)12(16)5-3-9-2-4-11(14)20-9/h2-5,10H,6-8H2,1H3/b5-3+. The molecule has 0 spiro atoms. The van der Waals surface area contributed by atoms with Gasteiger partial charge in [-0.3, -0.25) is 4.79 Å². The summed E-state index contributed by atoms with van der Waals surface area (Å²) in [5, 5.41) is 0. The molecule has 1 atom stereocenters. The van der Waals surface area contributed by atoms with Crippen molar-refractivity contribution < 1.29 is 19.1 Å². The fraction of sp³-hybridized carbons (Fsp3) is 0.385. The molecule has 1 fully saturated rings. The van der Waals surface area contributed by atoms with Crippen molar-refractivity contribution in [2.45, 2.75) is 6.04 Å². The molecule has 2 rings (SSSR count). The van der Waals surface area contributed by atoms with Crippen LogP contribution in [0.25, 0.3) is 6.08 Å². The highest BCUT2D eigenvalue weighted by atomic mass is 79.9. The molecule has 1 aliphatic rings. The van der Waals surface area contributed by atoms with Crippen LogP contribution >= 0.6 is 27.3 Å². The van der Waals surface area contributed by atoms with Crippen LogP contribution in [0.4, 0.5) is 0 Å². The van der Waals surface area contributed by atoms with Crippen molar-refractivity contribution in [1.29, 1.82) is 0 Å². The van der Waals surface area contributed by atoms with Gasteiger partial charge in [0.05, 0.1) is 24.1 Å². The number of ether oxygens (including phenoxy) is 2. The summed E-state index contributed by atoms with van der Waals surface area (Å²) >= 11 is 4.90. The second-order valence-corrected chi connectivity index (χ2v) is 6.62.